The number of fused-ring (bicyclic) bond motifs is 1. The minimum atomic E-state index is -1.01. The lowest BCUT2D eigenvalue weighted by molar-refractivity contribution is -0.127. The molecule has 1 aliphatic heterocycles. The molecule has 0 saturated heterocycles. The Kier molecular flexibility index (Phi) is 9.28. The number of amides is 3. The van der Waals surface area contributed by atoms with Crippen molar-refractivity contribution in [1.29, 1.82) is 0 Å². The number of carbonyl (C=O) groups excluding carboxylic acids is 4. The maximum Gasteiger partial charge on any atom is 0.338 e. The monoisotopic (exact) mass is 604 g/mol. The van der Waals surface area contributed by atoms with Crippen molar-refractivity contribution in [3.63, 3.8) is 0 Å². The van der Waals surface area contributed by atoms with Crippen LogP contribution < -0.4 is 20.4 Å². The van der Waals surface area contributed by atoms with Gasteiger partial charge in [-0.2, -0.15) is 0 Å². The number of ether oxygens (including phenoxy) is 1. The molecule has 0 bridgehead atoms. The first-order valence-corrected chi connectivity index (χ1v) is 14.7. The number of nitrogens with one attached hydrogen (secondary N) is 2. The Hall–Kier alpha value is -5.44. The molecule has 0 saturated carbocycles. The topological polar surface area (TPSA) is 108 Å². The summed E-state index contributed by atoms with van der Waals surface area (Å²) in [7, 11) is 0. The molecule has 0 aliphatic carbocycles. The van der Waals surface area contributed by atoms with Crippen molar-refractivity contribution in [3.05, 3.63) is 120 Å². The summed E-state index contributed by atoms with van der Waals surface area (Å²) in [5.41, 5.74) is 2.96. The van der Waals surface area contributed by atoms with Crippen molar-refractivity contribution >= 4 is 46.4 Å². The van der Waals surface area contributed by atoms with Crippen LogP contribution in [0.4, 0.5) is 27.5 Å². The summed E-state index contributed by atoms with van der Waals surface area (Å²) >= 11 is 0. The second-order valence-electron chi connectivity index (χ2n) is 11.8. The summed E-state index contributed by atoms with van der Waals surface area (Å²) in [4.78, 5) is 56.8. The van der Waals surface area contributed by atoms with E-state index in [1.165, 1.54) is 11.0 Å². The Morgan fingerprint density at radius 2 is 1.47 bits per heavy atom. The van der Waals surface area contributed by atoms with Gasteiger partial charge in [0, 0.05) is 16.8 Å². The largest absolute Gasteiger partial charge is 0.457 e. The van der Waals surface area contributed by atoms with Gasteiger partial charge < -0.3 is 25.2 Å². The van der Waals surface area contributed by atoms with Gasteiger partial charge in [-0.15, -0.1) is 0 Å². The van der Waals surface area contributed by atoms with Gasteiger partial charge in [-0.3, -0.25) is 9.59 Å². The van der Waals surface area contributed by atoms with Crippen LogP contribution in [0.25, 0.3) is 0 Å². The molecule has 0 radical (unpaired) electrons. The third-order valence-corrected chi connectivity index (χ3v) is 7.47. The first-order chi connectivity index (χ1) is 21.6. The Labute approximate surface area is 262 Å². The normalized spacial score (nSPS) is 14.6. The number of rotatable bonds is 8. The van der Waals surface area contributed by atoms with E-state index in [2.05, 4.69) is 10.6 Å². The zero-order valence-electron chi connectivity index (χ0n) is 25.5. The quantitative estimate of drug-likeness (QED) is 0.228. The SMILES string of the molecule is CC(C)(C)C(=O)CN1C(=O)C(NC(=O)Nc2cccc(C(=O)OCc3ccccc3)c2)CN(c2ccccc2)c2ccccc21. The van der Waals surface area contributed by atoms with E-state index in [-0.39, 0.29) is 31.0 Å². The highest BCUT2D eigenvalue weighted by Crippen LogP contribution is 2.37. The molecular formula is C36H36N4O5. The molecule has 2 N–H and O–H groups in total. The van der Waals surface area contributed by atoms with Crippen LogP contribution in [0.1, 0.15) is 36.7 Å². The van der Waals surface area contributed by atoms with E-state index in [0.717, 1.165) is 16.9 Å². The highest BCUT2D eigenvalue weighted by atomic mass is 16.5. The number of anilines is 4. The zero-order chi connectivity index (χ0) is 32.0. The van der Waals surface area contributed by atoms with E-state index in [0.29, 0.717) is 11.4 Å². The van der Waals surface area contributed by atoms with Crippen molar-refractivity contribution in [2.24, 2.45) is 5.41 Å². The molecule has 5 rings (SSSR count). The predicted molar refractivity (Wildman–Crippen MR) is 175 cm³/mol. The molecule has 1 atom stereocenters. The molecular weight excluding hydrogens is 568 g/mol. The first-order valence-electron chi connectivity index (χ1n) is 14.7. The molecule has 4 aromatic rings. The summed E-state index contributed by atoms with van der Waals surface area (Å²) in [6.07, 6.45) is 0. The van der Waals surface area contributed by atoms with Crippen LogP contribution in [0.5, 0.6) is 0 Å². The van der Waals surface area contributed by atoms with Crippen molar-refractivity contribution in [1.82, 2.24) is 5.32 Å². The van der Waals surface area contributed by atoms with Crippen molar-refractivity contribution in [2.45, 2.75) is 33.4 Å². The molecule has 0 spiro atoms. The average molecular weight is 605 g/mol. The van der Waals surface area contributed by atoms with Gasteiger partial charge >= 0.3 is 12.0 Å². The first kappa shape index (κ1) is 31.0. The summed E-state index contributed by atoms with van der Waals surface area (Å²) in [5.74, 6) is -1.05. The van der Waals surface area contributed by atoms with Crippen LogP contribution in [0, 0.1) is 5.41 Å². The van der Waals surface area contributed by atoms with Crippen molar-refractivity contribution in [3.8, 4) is 0 Å². The minimum Gasteiger partial charge on any atom is -0.457 e. The number of benzene rings is 4. The van der Waals surface area contributed by atoms with E-state index in [9.17, 15) is 19.2 Å². The van der Waals surface area contributed by atoms with Gasteiger partial charge in [0.1, 0.15) is 12.6 Å². The molecule has 3 amide bonds. The van der Waals surface area contributed by atoms with Gasteiger partial charge in [0.15, 0.2) is 5.78 Å². The van der Waals surface area contributed by atoms with Gasteiger partial charge in [0.05, 0.1) is 30.0 Å². The highest BCUT2D eigenvalue weighted by molar-refractivity contribution is 6.08. The number of hydrogen-bond acceptors (Lipinski definition) is 6. The highest BCUT2D eigenvalue weighted by Gasteiger charge is 2.37. The summed E-state index contributed by atoms with van der Waals surface area (Å²) in [6.45, 7) is 5.54. The molecule has 45 heavy (non-hydrogen) atoms. The van der Waals surface area contributed by atoms with Gasteiger partial charge in [0.25, 0.3) is 5.91 Å². The van der Waals surface area contributed by atoms with E-state index in [4.69, 9.17) is 4.74 Å². The van der Waals surface area contributed by atoms with Crippen LogP contribution in [-0.2, 0) is 20.9 Å². The molecule has 9 nitrogen and oxygen atoms in total. The van der Waals surface area contributed by atoms with Crippen molar-refractivity contribution in [2.75, 3.05) is 28.2 Å². The summed E-state index contributed by atoms with van der Waals surface area (Å²) < 4.78 is 5.42. The fraction of sp³-hybridized carbons (Fsp3) is 0.222. The van der Waals surface area contributed by atoms with Crippen LogP contribution in [0.3, 0.4) is 0 Å². The maximum absolute atomic E-state index is 14.1. The predicted octanol–water partition coefficient (Wildman–Crippen LogP) is 6.33. The van der Waals surface area contributed by atoms with Crippen LogP contribution in [0.2, 0.25) is 0 Å². The molecule has 0 fully saturated rings. The van der Waals surface area contributed by atoms with Crippen LogP contribution >= 0.6 is 0 Å². The zero-order valence-corrected chi connectivity index (χ0v) is 25.5. The van der Waals surface area contributed by atoms with Gasteiger partial charge in [-0.05, 0) is 48.0 Å². The second kappa shape index (κ2) is 13.5. The second-order valence-corrected chi connectivity index (χ2v) is 11.8. The number of ketones is 1. The van der Waals surface area contributed by atoms with E-state index >= 15 is 0 Å². The standard InChI is InChI=1S/C36H36N4O5/c1-36(2,3)32(41)23-40-31-20-11-10-19-30(31)39(28-17-8-5-9-18-28)22-29(33(40)42)38-35(44)37-27-16-12-15-26(21-27)34(43)45-24-25-13-6-4-7-14-25/h4-21,29H,22-24H2,1-3H3,(H2,37,38,44). The maximum atomic E-state index is 14.1. The number of esters is 1. The molecule has 4 aromatic carbocycles. The molecule has 1 heterocycles. The Morgan fingerprint density at radius 3 is 2.16 bits per heavy atom. The number of urea groups is 1. The number of para-hydroxylation sites is 3. The number of carbonyl (C=O) groups is 4. The minimum absolute atomic E-state index is 0.113. The van der Waals surface area contributed by atoms with Crippen molar-refractivity contribution < 1.29 is 23.9 Å². The molecule has 1 unspecified atom stereocenters. The molecule has 1 aliphatic rings. The van der Waals surface area contributed by atoms with Crippen LogP contribution in [0.15, 0.2) is 109 Å². The fourth-order valence-electron chi connectivity index (χ4n) is 4.95. The van der Waals surface area contributed by atoms with Crippen LogP contribution in [-0.4, -0.2) is 42.8 Å². The van der Waals surface area contributed by atoms with Gasteiger partial charge in [-0.1, -0.05) is 87.5 Å². The molecule has 0 aromatic heterocycles. The van der Waals surface area contributed by atoms with E-state index in [1.54, 1.807) is 18.2 Å². The average Bonchev–Trinajstić information content (AvgIpc) is 3.15. The lowest BCUT2D eigenvalue weighted by Gasteiger charge is -2.28. The fourth-order valence-corrected chi connectivity index (χ4v) is 4.95. The molecule has 230 valence electrons. The van der Waals surface area contributed by atoms with E-state index in [1.807, 2.05) is 111 Å². The lowest BCUT2D eigenvalue weighted by Crippen LogP contribution is -2.54. The summed E-state index contributed by atoms with van der Waals surface area (Å²) in [6, 6.07) is 31.1. The Balaban J connectivity index is 1.37. The number of Topliss-reactive ketones (excluding diaryl/α,β-unsaturated/α-hetero) is 1. The number of nitrogens with zero attached hydrogens (tertiary/aromatic N) is 2. The third kappa shape index (κ3) is 7.56. The van der Waals surface area contributed by atoms with Gasteiger partial charge in [0.2, 0.25) is 0 Å². The summed E-state index contributed by atoms with van der Waals surface area (Å²) in [5, 5.41) is 5.56. The Bertz CT molecular complexity index is 1680. The van der Waals surface area contributed by atoms with Gasteiger partial charge in [-0.25, -0.2) is 9.59 Å². The Morgan fingerprint density at radius 1 is 0.822 bits per heavy atom. The third-order valence-electron chi connectivity index (χ3n) is 7.47. The smallest absolute Gasteiger partial charge is 0.338 e. The van der Waals surface area contributed by atoms with E-state index < -0.39 is 29.4 Å². The lowest BCUT2D eigenvalue weighted by atomic mass is 9.90. The number of hydrogen-bond donors (Lipinski definition) is 2. The molecule has 9 heteroatoms.